The van der Waals surface area contributed by atoms with E-state index >= 15 is 0 Å². The molecule has 0 aliphatic heterocycles. The summed E-state index contributed by atoms with van der Waals surface area (Å²) < 4.78 is 5.72. The van der Waals surface area contributed by atoms with E-state index in [1.165, 1.54) is 0 Å². The second-order valence-electron chi connectivity index (χ2n) is 4.66. The van der Waals surface area contributed by atoms with E-state index in [2.05, 4.69) is 17.2 Å². The van der Waals surface area contributed by atoms with Crippen LogP contribution in [0.3, 0.4) is 0 Å². The van der Waals surface area contributed by atoms with Crippen molar-refractivity contribution in [3.63, 3.8) is 0 Å². The topological polar surface area (TPSA) is 51.2 Å². The third kappa shape index (κ3) is 4.46. The van der Waals surface area contributed by atoms with Crippen LogP contribution in [0.1, 0.15) is 30.8 Å². The molecule has 1 atom stereocenters. The van der Waals surface area contributed by atoms with Crippen LogP contribution in [0.2, 0.25) is 5.15 Å². The van der Waals surface area contributed by atoms with E-state index in [1.807, 2.05) is 19.1 Å². The summed E-state index contributed by atoms with van der Waals surface area (Å²) in [7, 11) is 0. The number of carbonyl (C=O) groups is 1. The number of benzene rings is 1. The first-order valence-electron chi connectivity index (χ1n) is 6.79. The van der Waals surface area contributed by atoms with Crippen molar-refractivity contribution in [1.29, 1.82) is 0 Å². The lowest BCUT2D eigenvalue weighted by molar-refractivity contribution is 0.102. The van der Waals surface area contributed by atoms with Crippen LogP contribution in [0.15, 0.2) is 42.5 Å². The molecule has 0 aliphatic carbocycles. The highest BCUT2D eigenvalue weighted by atomic mass is 35.5. The van der Waals surface area contributed by atoms with Gasteiger partial charge >= 0.3 is 0 Å². The summed E-state index contributed by atoms with van der Waals surface area (Å²) in [5.41, 5.74) is 0.929. The first-order chi connectivity index (χ1) is 10.1. The Kier molecular flexibility index (Phi) is 5.17. The number of nitrogens with one attached hydrogen (secondary N) is 1. The third-order valence-electron chi connectivity index (χ3n) is 2.95. The SMILES string of the molecule is CCC(C)Oc1cccc(NC(=O)c2cccc(Cl)n2)c1. The maximum atomic E-state index is 12.1. The minimum atomic E-state index is -0.307. The Labute approximate surface area is 129 Å². The van der Waals surface area contributed by atoms with Gasteiger partial charge in [-0.15, -0.1) is 0 Å². The van der Waals surface area contributed by atoms with E-state index < -0.39 is 0 Å². The van der Waals surface area contributed by atoms with Crippen LogP contribution in [0.4, 0.5) is 5.69 Å². The van der Waals surface area contributed by atoms with Crippen LogP contribution in [0, 0.1) is 0 Å². The number of carbonyl (C=O) groups excluding carboxylic acids is 1. The van der Waals surface area contributed by atoms with Gasteiger partial charge in [-0.25, -0.2) is 4.98 Å². The number of rotatable bonds is 5. The van der Waals surface area contributed by atoms with Gasteiger partial charge in [0.05, 0.1) is 6.10 Å². The fourth-order valence-electron chi connectivity index (χ4n) is 1.69. The van der Waals surface area contributed by atoms with Crippen molar-refractivity contribution in [3.05, 3.63) is 53.3 Å². The Morgan fingerprint density at radius 2 is 2.10 bits per heavy atom. The first-order valence-corrected chi connectivity index (χ1v) is 7.17. The smallest absolute Gasteiger partial charge is 0.274 e. The number of amides is 1. The summed E-state index contributed by atoms with van der Waals surface area (Å²) >= 11 is 5.78. The second-order valence-corrected chi connectivity index (χ2v) is 5.05. The predicted molar refractivity (Wildman–Crippen MR) is 84.0 cm³/mol. The molecule has 110 valence electrons. The molecule has 0 radical (unpaired) electrons. The predicted octanol–water partition coefficient (Wildman–Crippen LogP) is 4.16. The summed E-state index contributed by atoms with van der Waals surface area (Å²) in [6.07, 6.45) is 1.05. The largest absolute Gasteiger partial charge is 0.491 e. The molecule has 0 fully saturated rings. The molecule has 4 nitrogen and oxygen atoms in total. The monoisotopic (exact) mass is 304 g/mol. The summed E-state index contributed by atoms with van der Waals surface area (Å²) in [5, 5.41) is 3.07. The van der Waals surface area contributed by atoms with Gasteiger partial charge in [-0.2, -0.15) is 0 Å². The summed E-state index contributed by atoms with van der Waals surface area (Å²) in [6, 6.07) is 12.2. The molecule has 1 amide bonds. The molecule has 1 heterocycles. The van der Waals surface area contributed by atoms with Crippen LogP contribution in [-0.2, 0) is 0 Å². The minimum absolute atomic E-state index is 0.130. The molecule has 2 rings (SSSR count). The molecule has 1 aromatic heterocycles. The lowest BCUT2D eigenvalue weighted by Crippen LogP contribution is -2.14. The van der Waals surface area contributed by atoms with Gasteiger partial charge < -0.3 is 10.1 Å². The van der Waals surface area contributed by atoms with E-state index in [9.17, 15) is 4.79 Å². The van der Waals surface area contributed by atoms with Crippen molar-refractivity contribution < 1.29 is 9.53 Å². The van der Waals surface area contributed by atoms with E-state index in [1.54, 1.807) is 30.3 Å². The lowest BCUT2D eigenvalue weighted by atomic mass is 10.2. The van der Waals surface area contributed by atoms with Crippen molar-refractivity contribution >= 4 is 23.2 Å². The van der Waals surface area contributed by atoms with Gasteiger partial charge in [-0.1, -0.05) is 30.7 Å². The van der Waals surface area contributed by atoms with Crippen molar-refractivity contribution in [1.82, 2.24) is 4.98 Å². The van der Waals surface area contributed by atoms with E-state index in [-0.39, 0.29) is 22.9 Å². The molecule has 21 heavy (non-hydrogen) atoms. The standard InChI is InChI=1S/C16H17ClN2O2/c1-3-11(2)21-13-7-4-6-12(10-13)18-16(20)14-8-5-9-15(17)19-14/h4-11H,3H2,1-2H3,(H,18,20). The Morgan fingerprint density at radius 3 is 2.81 bits per heavy atom. The summed E-state index contributed by atoms with van der Waals surface area (Å²) in [6.45, 7) is 4.06. The maximum absolute atomic E-state index is 12.1. The van der Waals surface area contributed by atoms with Gasteiger partial charge in [-0.05, 0) is 37.6 Å². The number of hydrogen-bond donors (Lipinski definition) is 1. The van der Waals surface area contributed by atoms with E-state index in [0.29, 0.717) is 5.69 Å². The summed E-state index contributed by atoms with van der Waals surface area (Å²) in [5.74, 6) is 0.416. The van der Waals surface area contributed by atoms with Gasteiger partial charge in [0, 0.05) is 11.8 Å². The van der Waals surface area contributed by atoms with Crippen LogP contribution in [0.5, 0.6) is 5.75 Å². The highest BCUT2D eigenvalue weighted by Crippen LogP contribution is 2.19. The number of aromatic nitrogens is 1. The summed E-state index contributed by atoms with van der Waals surface area (Å²) in [4.78, 5) is 16.1. The molecular formula is C16H17ClN2O2. The number of anilines is 1. The van der Waals surface area contributed by atoms with Crippen LogP contribution in [-0.4, -0.2) is 17.0 Å². The highest BCUT2D eigenvalue weighted by Gasteiger charge is 2.09. The highest BCUT2D eigenvalue weighted by molar-refractivity contribution is 6.29. The minimum Gasteiger partial charge on any atom is -0.491 e. The quantitative estimate of drug-likeness (QED) is 0.844. The Morgan fingerprint density at radius 1 is 1.33 bits per heavy atom. The molecule has 0 spiro atoms. The molecule has 0 saturated carbocycles. The number of hydrogen-bond acceptors (Lipinski definition) is 3. The molecule has 1 N–H and O–H groups in total. The third-order valence-corrected chi connectivity index (χ3v) is 3.16. The Bertz CT molecular complexity index is 631. The zero-order chi connectivity index (χ0) is 15.2. The average molecular weight is 305 g/mol. The van der Waals surface area contributed by atoms with Gasteiger partial charge in [0.15, 0.2) is 0 Å². The maximum Gasteiger partial charge on any atom is 0.274 e. The van der Waals surface area contributed by atoms with Crippen molar-refractivity contribution in [2.45, 2.75) is 26.4 Å². The molecule has 0 bridgehead atoms. The second kappa shape index (κ2) is 7.09. The molecule has 1 unspecified atom stereocenters. The van der Waals surface area contributed by atoms with Gasteiger partial charge in [0.2, 0.25) is 0 Å². The first kappa shape index (κ1) is 15.3. The molecule has 1 aromatic carbocycles. The van der Waals surface area contributed by atoms with Crippen molar-refractivity contribution in [2.24, 2.45) is 0 Å². The fraction of sp³-hybridized carbons (Fsp3) is 0.250. The van der Waals surface area contributed by atoms with Crippen LogP contribution in [0.25, 0.3) is 0 Å². The van der Waals surface area contributed by atoms with Gasteiger partial charge in [0.1, 0.15) is 16.6 Å². The van der Waals surface area contributed by atoms with Crippen molar-refractivity contribution in [2.75, 3.05) is 5.32 Å². The zero-order valence-corrected chi connectivity index (χ0v) is 12.7. The molecule has 5 heteroatoms. The fourth-order valence-corrected chi connectivity index (χ4v) is 1.86. The van der Waals surface area contributed by atoms with Gasteiger partial charge in [0.25, 0.3) is 5.91 Å². The van der Waals surface area contributed by atoms with Crippen LogP contribution >= 0.6 is 11.6 Å². The Hall–Kier alpha value is -2.07. The Balaban J connectivity index is 2.09. The number of ether oxygens (including phenoxy) is 1. The molecule has 2 aromatic rings. The lowest BCUT2D eigenvalue weighted by Gasteiger charge is -2.13. The van der Waals surface area contributed by atoms with E-state index in [4.69, 9.17) is 16.3 Å². The zero-order valence-electron chi connectivity index (χ0n) is 12.0. The molecule has 0 saturated heterocycles. The number of halogens is 1. The normalized spacial score (nSPS) is 11.8. The van der Waals surface area contributed by atoms with Crippen LogP contribution < -0.4 is 10.1 Å². The molecule has 0 aliphatic rings. The molecular weight excluding hydrogens is 288 g/mol. The van der Waals surface area contributed by atoms with E-state index in [0.717, 1.165) is 12.2 Å². The average Bonchev–Trinajstić information content (AvgIpc) is 2.47. The van der Waals surface area contributed by atoms with Crippen molar-refractivity contribution in [3.8, 4) is 5.75 Å². The number of pyridine rings is 1. The number of nitrogens with zero attached hydrogens (tertiary/aromatic N) is 1. The van der Waals surface area contributed by atoms with Gasteiger partial charge in [-0.3, -0.25) is 4.79 Å².